The van der Waals surface area contributed by atoms with Crippen molar-refractivity contribution in [3.05, 3.63) is 58.9 Å². The predicted octanol–water partition coefficient (Wildman–Crippen LogP) is 3.99. The van der Waals surface area contributed by atoms with E-state index >= 15 is 0 Å². The van der Waals surface area contributed by atoms with Crippen molar-refractivity contribution in [3.63, 3.8) is 0 Å². The Bertz CT molecular complexity index is 811. The summed E-state index contributed by atoms with van der Waals surface area (Å²) in [6, 6.07) is 10.1. The lowest BCUT2D eigenvalue weighted by molar-refractivity contribution is 0.541. The van der Waals surface area contributed by atoms with Crippen LogP contribution in [-0.4, -0.2) is 14.2 Å². The summed E-state index contributed by atoms with van der Waals surface area (Å²) in [6.45, 7) is 0. The number of fused-ring (bicyclic) bond motifs is 1. The first-order valence-electron chi connectivity index (χ1n) is 6.66. The lowest BCUT2D eigenvalue weighted by Crippen LogP contribution is -2.30. The quantitative estimate of drug-likeness (QED) is 0.903. The molecular weight excluding hydrogens is 345 g/mol. The van der Waals surface area contributed by atoms with Gasteiger partial charge in [-0.25, -0.2) is 17.5 Å². The predicted molar refractivity (Wildman–Crippen MR) is 86.3 cm³/mol. The first-order valence-corrected chi connectivity index (χ1v) is 9.50. The molecule has 1 aliphatic heterocycles. The van der Waals surface area contributed by atoms with E-state index in [2.05, 4.69) is 4.72 Å². The Balaban J connectivity index is 1.93. The highest BCUT2D eigenvalue weighted by Crippen LogP contribution is 2.37. The van der Waals surface area contributed by atoms with Crippen LogP contribution >= 0.6 is 23.4 Å². The number of benzene rings is 2. The van der Waals surface area contributed by atoms with Gasteiger partial charge in [-0.05, 0) is 54.1 Å². The maximum Gasteiger partial charge on any atom is 0.241 e. The minimum absolute atomic E-state index is 0.108. The van der Waals surface area contributed by atoms with Gasteiger partial charge in [0.05, 0.1) is 4.90 Å². The molecule has 0 bridgehead atoms. The number of hydrogen-bond acceptors (Lipinski definition) is 3. The lowest BCUT2D eigenvalue weighted by atomic mass is 10.0. The maximum atomic E-state index is 13.5. The van der Waals surface area contributed by atoms with Gasteiger partial charge in [-0.2, -0.15) is 0 Å². The molecule has 0 saturated carbocycles. The van der Waals surface area contributed by atoms with Gasteiger partial charge in [0.2, 0.25) is 10.0 Å². The van der Waals surface area contributed by atoms with Crippen molar-refractivity contribution >= 4 is 33.4 Å². The Hall–Kier alpha value is -1.08. The normalized spacial score (nSPS) is 18.0. The average molecular weight is 358 g/mol. The van der Waals surface area contributed by atoms with E-state index in [0.717, 1.165) is 10.6 Å². The highest BCUT2D eigenvalue weighted by Gasteiger charge is 2.26. The summed E-state index contributed by atoms with van der Waals surface area (Å²) >= 11 is 7.45. The third kappa shape index (κ3) is 3.30. The van der Waals surface area contributed by atoms with E-state index in [1.807, 2.05) is 0 Å². The molecule has 0 amide bonds. The second-order valence-corrected chi connectivity index (χ2v) is 8.24. The number of hydrogen-bond donors (Lipinski definition) is 1. The number of rotatable bonds is 3. The van der Waals surface area contributed by atoms with Crippen LogP contribution in [0.1, 0.15) is 18.0 Å². The molecule has 1 atom stereocenters. The van der Waals surface area contributed by atoms with Gasteiger partial charge in [-0.3, -0.25) is 0 Å². The van der Waals surface area contributed by atoms with Crippen molar-refractivity contribution in [3.8, 4) is 0 Å². The minimum Gasteiger partial charge on any atom is -0.207 e. The van der Waals surface area contributed by atoms with Gasteiger partial charge >= 0.3 is 0 Å². The van der Waals surface area contributed by atoms with Gasteiger partial charge in [-0.15, -0.1) is 11.8 Å². The first-order chi connectivity index (χ1) is 10.5. The zero-order valence-corrected chi connectivity index (χ0v) is 13.8. The van der Waals surface area contributed by atoms with Crippen LogP contribution in [0.15, 0.2) is 52.3 Å². The second kappa shape index (κ2) is 6.20. The first kappa shape index (κ1) is 15.8. The van der Waals surface area contributed by atoms with Crippen LogP contribution in [0.4, 0.5) is 4.39 Å². The molecule has 0 radical (unpaired) electrons. The zero-order valence-electron chi connectivity index (χ0n) is 11.4. The van der Waals surface area contributed by atoms with Crippen LogP contribution in [-0.2, 0) is 10.0 Å². The standard InChI is InChI=1S/C15H13ClFNO2S2/c16-10-2-1-3-12(8-10)22(19,20)18-14-6-7-21-15-5-4-11(17)9-13(14)15/h1-5,8-9,14,18H,6-7H2/t14-/m0/s1. The van der Waals surface area contributed by atoms with Gasteiger partial charge < -0.3 is 0 Å². The molecular formula is C15H13ClFNO2S2. The van der Waals surface area contributed by atoms with E-state index in [1.54, 1.807) is 30.0 Å². The van der Waals surface area contributed by atoms with E-state index in [1.165, 1.54) is 24.3 Å². The average Bonchev–Trinajstić information content (AvgIpc) is 2.48. The number of thioether (sulfide) groups is 1. The largest absolute Gasteiger partial charge is 0.241 e. The van der Waals surface area contributed by atoms with E-state index in [-0.39, 0.29) is 10.7 Å². The molecule has 1 heterocycles. The second-order valence-electron chi connectivity index (χ2n) is 4.95. The molecule has 1 N–H and O–H groups in total. The highest BCUT2D eigenvalue weighted by molar-refractivity contribution is 7.99. The fourth-order valence-corrected chi connectivity index (χ4v) is 5.03. The maximum absolute atomic E-state index is 13.5. The van der Waals surface area contributed by atoms with Gasteiger partial charge in [0, 0.05) is 16.0 Å². The molecule has 1 aliphatic rings. The smallest absolute Gasteiger partial charge is 0.207 e. The van der Waals surface area contributed by atoms with Gasteiger partial charge in [-0.1, -0.05) is 17.7 Å². The van der Waals surface area contributed by atoms with E-state index in [0.29, 0.717) is 17.0 Å². The highest BCUT2D eigenvalue weighted by atomic mass is 35.5. The molecule has 0 unspecified atom stereocenters. The number of halogens is 2. The fourth-order valence-electron chi connectivity index (χ4n) is 2.38. The zero-order chi connectivity index (χ0) is 15.7. The summed E-state index contributed by atoms with van der Waals surface area (Å²) < 4.78 is 41.1. The van der Waals surface area contributed by atoms with Gasteiger partial charge in [0.15, 0.2) is 0 Å². The molecule has 0 aliphatic carbocycles. The number of nitrogens with one attached hydrogen (secondary N) is 1. The summed E-state index contributed by atoms with van der Waals surface area (Å²) in [7, 11) is -3.70. The SMILES string of the molecule is O=S(=O)(N[C@H]1CCSc2ccc(F)cc21)c1cccc(Cl)c1. The minimum atomic E-state index is -3.70. The monoisotopic (exact) mass is 357 g/mol. The van der Waals surface area contributed by atoms with Crippen molar-refractivity contribution in [1.29, 1.82) is 0 Å². The van der Waals surface area contributed by atoms with Crippen LogP contribution < -0.4 is 4.72 Å². The third-order valence-electron chi connectivity index (χ3n) is 3.42. The molecule has 2 aromatic rings. The van der Waals surface area contributed by atoms with Crippen LogP contribution in [0.5, 0.6) is 0 Å². The summed E-state index contributed by atoms with van der Waals surface area (Å²) in [4.78, 5) is 1.02. The number of sulfonamides is 1. The lowest BCUT2D eigenvalue weighted by Gasteiger charge is -2.25. The summed E-state index contributed by atoms with van der Waals surface area (Å²) in [5.41, 5.74) is 0.682. The van der Waals surface area contributed by atoms with E-state index in [9.17, 15) is 12.8 Å². The summed E-state index contributed by atoms with van der Waals surface area (Å²) in [5, 5.41) is 0.355. The Kier molecular flexibility index (Phi) is 4.45. The van der Waals surface area contributed by atoms with Crippen LogP contribution in [0, 0.1) is 5.82 Å². The Labute approximate surface area is 137 Å². The molecule has 116 valence electrons. The van der Waals surface area contributed by atoms with Gasteiger partial charge in [0.25, 0.3) is 0 Å². The topological polar surface area (TPSA) is 46.2 Å². The Morgan fingerprint density at radius 3 is 2.82 bits per heavy atom. The molecule has 0 saturated heterocycles. The Morgan fingerprint density at radius 1 is 1.23 bits per heavy atom. The van der Waals surface area contributed by atoms with Crippen molar-refractivity contribution in [1.82, 2.24) is 4.72 Å². The fraction of sp³-hybridized carbons (Fsp3) is 0.200. The van der Waals surface area contributed by atoms with Crippen LogP contribution in [0.25, 0.3) is 0 Å². The molecule has 3 rings (SSSR count). The van der Waals surface area contributed by atoms with Crippen molar-refractivity contribution in [2.24, 2.45) is 0 Å². The Morgan fingerprint density at radius 2 is 2.05 bits per heavy atom. The van der Waals surface area contributed by atoms with Crippen LogP contribution in [0.2, 0.25) is 5.02 Å². The molecule has 0 spiro atoms. The van der Waals surface area contributed by atoms with E-state index < -0.39 is 16.1 Å². The van der Waals surface area contributed by atoms with Crippen LogP contribution in [0.3, 0.4) is 0 Å². The van der Waals surface area contributed by atoms with Crippen molar-refractivity contribution in [2.75, 3.05) is 5.75 Å². The molecule has 2 aromatic carbocycles. The van der Waals surface area contributed by atoms with Crippen molar-refractivity contribution < 1.29 is 12.8 Å². The molecule has 22 heavy (non-hydrogen) atoms. The molecule has 7 heteroatoms. The molecule has 0 aromatic heterocycles. The molecule has 3 nitrogen and oxygen atoms in total. The van der Waals surface area contributed by atoms with Crippen molar-refractivity contribution in [2.45, 2.75) is 22.3 Å². The summed E-state index contributed by atoms with van der Waals surface area (Å²) in [6.07, 6.45) is 0.612. The van der Waals surface area contributed by atoms with E-state index in [4.69, 9.17) is 11.6 Å². The third-order valence-corrected chi connectivity index (χ3v) is 6.24. The van der Waals surface area contributed by atoms with Gasteiger partial charge in [0.1, 0.15) is 5.82 Å². The molecule has 0 fully saturated rings. The summed E-state index contributed by atoms with van der Waals surface area (Å²) in [5.74, 6) is 0.412.